The minimum atomic E-state index is -0.420. The first-order valence-electron chi connectivity index (χ1n) is 7.38. The van der Waals surface area contributed by atoms with Gasteiger partial charge in [-0.2, -0.15) is 0 Å². The quantitative estimate of drug-likeness (QED) is 0.837. The van der Waals surface area contributed by atoms with Crippen LogP contribution in [-0.4, -0.2) is 34.1 Å². The normalized spacial score (nSPS) is 18.2. The van der Waals surface area contributed by atoms with Crippen molar-refractivity contribution in [3.8, 4) is 0 Å². The number of rotatable bonds is 3. The van der Waals surface area contributed by atoms with E-state index in [1.807, 2.05) is 4.57 Å². The number of likely N-dealkylation sites (tertiary alicyclic amines) is 1. The molecule has 0 spiro atoms. The molecule has 114 valence electrons. The van der Waals surface area contributed by atoms with Gasteiger partial charge in [-0.05, 0) is 51.1 Å². The molecule has 0 bridgehead atoms. The lowest BCUT2D eigenvalue weighted by atomic mass is 10.1. The number of aromatic nitrogens is 2. The number of hydrogen-bond acceptors (Lipinski definition) is 2. The number of piperidine rings is 1. The molecule has 3 rings (SSSR count). The fourth-order valence-corrected chi connectivity index (χ4v) is 3.70. The van der Waals surface area contributed by atoms with E-state index in [4.69, 9.17) is 23.8 Å². The highest BCUT2D eigenvalue weighted by Crippen LogP contribution is 2.26. The molecule has 2 heterocycles. The zero-order valence-electron chi connectivity index (χ0n) is 12.0. The standard InChI is InChI=1S/C15H19ClFN3S/c1-10(9-19-5-3-2-4-6-19)20-14-7-11(16)12(17)8-13(14)18-15(20)21/h7-8,10H,2-6,9H2,1H3,(H,18,21). The van der Waals surface area contributed by atoms with E-state index in [9.17, 15) is 4.39 Å². The third-order valence-corrected chi connectivity index (χ3v) is 4.76. The molecule has 0 radical (unpaired) electrons. The van der Waals surface area contributed by atoms with Crippen LogP contribution in [0.4, 0.5) is 4.39 Å². The molecule has 1 aromatic heterocycles. The minimum Gasteiger partial charge on any atom is -0.330 e. The molecule has 6 heteroatoms. The number of nitrogens with zero attached hydrogens (tertiary/aromatic N) is 2. The van der Waals surface area contributed by atoms with Gasteiger partial charge in [0.05, 0.1) is 16.1 Å². The maximum Gasteiger partial charge on any atom is 0.178 e. The van der Waals surface area contributed by atoms with E-state index >= 15 is 0 Å². The number of imidazole rings is 1. The van der Waals surface area contributed by atoms with Crippen molar-refractivity contribution in [3.63, 3.8) is 0 Å². The fourth-order valence-electron chi connectivity index (χ4n) is 3.16. The van der Waals surface area contributed by atoms with Crippen molar-refractivity contribution in [2.45, 2.75) is 32.2 Å². The van der Waals surface area contributed by atoms with Crippen LogP contribution in [0, 0.1) is 10.6 Å². The molecule has 1 N–H and O–H groups in total. The average molecular weight is 328 g/mol. The second kappa shape index (κ2) is 6.07. The molecule has 3 nitrogen and oxygen atoms in total. The highest BCUT2D eigenvalue weighted by molar-refractivity contribution is 7.71. The SMILES string of the molecule is CC(CN1CCCCC1)n1c(=S)[nH]c2cc(F)c(Cl)cc21. The number of fused-ring (bicyclic) bond motifs is 1. The van der Waals surface area contributed by atoms with Gasteiger partial charge in [0.15, 0.2) is 4.77 Å². The summed E-state index contributed by atoms with van der Waals surface area (Å²) in [5, 5.41) is 0.135. The number of benzene rings is 1. The topological polar surface area (TPSA) is 24.0 Å². The van der Waals surface area contributed by atoms with Crippen molar-refractivity contribution >= 4 is 34.9 Å². The minimum absolute atomic E-state index is 0.135. The van der Waals surface area contributed by atoms with Gasteiger partial charge < -0.3 is 14.5 Å². The lowest BCUT2D eigenvalue weighted by Gasteiger charge is -2.29. The Balaban J connectivity index is 1.93. The predicted molar refractivity (Wildman–Crippen MR) is 87.1 cm³/mol. The van der Waals surface area contributed by atoms with Gasteiger partial charge in [-0.3, -0.25) is 0 Å². The molecule has 0 saturated carbocycles. The maximum atomic E-state index is 13.6. The first-order chi connectivity index (χ1) is 10.1. The molecule has 1 aromatic carbocycles. The molecule has 0 aliphatic carbocycles. The zero-order valence-corrected chi connectivity index (χ0v) is 13.6. The Morgan fingerprint density at radius 1 is 1.33 bits per heavy atom. The fraction of sp³-hybridized carbons (Fsp3) is 0.533. The van der Waals surface area contributed by atoms with Gasteiger partial charge in [-0.15, -0.1) is 0 Å². The van der Waals surface area contributed by atoms with Gasteiger partial charge in [0, 0.05) is 18.7 Å². The number of H-pyrrole nitrogens is 1. The lowest BCUT2D eigenvalue weighted by Crippen LogP contribution is -2.34. The number of aromatic amines is 1. The van der Waals surface area contributed by atoms with Crippen LogP contribution in [0.2, 0.25) is 5.02 Å². The Morgan fingerprint density at radius 2 is 2.05 bits per heavy atom. The predicted octanol–water partition coefficient (Wildman–Crippen LogP) is 4.54. The van der Waals surface area contributed by atoms with Gasteiger partial charge in [0.25, 0.3) is 0 Å². The Labute approximate surface area is 133 Å². The monoisotopic (exact) mass is 327 g/mol. The van der Waals surface area contributed by atoms with Crippen molar-refractivity contribution in [1.82, 2.24) is 14.5 Å². The number of nitrogens with one attached hydrogen (secondary N) is 1. The van der Waals surface area contributed by atoms with Crippen molar-refractivity contribution in [3.05, 3.63) is 27.7 Å². The molecular weight excluding hydrogens is 309 g/mol. The molecule has 1 aliphatic heterocycles. The summed E-state index contributed by atoms with van der Waals surface area (Å²) in [6.07, 6.45) is 3.86. The summed E-state index contributed by atoms with van der Waals surface area (Å²) < 4.78 is 16.2. The van der Waals surface area contributed by atoms with Crippen LogP contribution in [0.15, 0.2) is 12.1 Å². The van der Waals surface area contributed by atoms with E-state index in [0.717, 1.165) is 25.2 Å². The molecule has 2 aromatic rings. The number of hydrogen-bond donors (Lipinski definition) is 1. The molecule has 1 fully saturated rings. The van der Waals surface area contributed by atoms with E-state index in [1.165, 1.54) is 25.3 Å². The van der Waals surface area contributed by atoms with Crippen molar-refractivity contribution in [2.75, 3.05) is 19.6 Å². The molecule has 1 saturated heterocycles. The third kappa shape index (κ3) is 3.00. The lowest BCUT2D eigenvalue weighted by molar-refractivity contribution is 0.202. The van der Waals surface area contributed by atoms with E-state index in [2.05, 4.69) is 16.8 Å². The highest BCUT2D eigenvalue weighted by Gasteiger charge is 2.18. The zero-order chi connectivity index (χ0) is 15.0. The van der Waals surface area contributed by atoms with E-state index in [1.54, 1.807) is 6.07 Å². The molecular formula is C15H19ClFN3S. The van der Waals surface area contributed by atoms with E-state index < -0.39 is 5.82 Å². The van der Waals surface area contributed by atoms with E-state index in [0.29, 0.717) is 10.3 Å². The van der Waals surface area contributed by atoms with Crippen LogP contribution in [0.25, 0.3) is 11.0 Å². The number of halogens is 2. The summed E-state index contributed by atoms with van der Waals surface area (Å²) in [7, 11) is 0. The summed E-state index contributed by atoms with van der Waals surface area (Å²) in [6, 6.07) is 3.30. The first-order valence-corrected chi connectivity index (χ1v) is 8.16. The Hall–Kier alpha value is -0.910. The summed E-state index contributed by atoms with van der Waals surface area (Å²) in [6.45, 7) is 5.40. The largest absolute Gasteiger partial charge is 0.330 e. The first kappa shape index (κ1) is 15.0. The summed E-state index contributed by atoms with van der Waals surface area (Å²) in [5.41, 5.74) is 1.57. The van der Waals surface area contributed by atoms with Crippen LogP contribution >= 0.6 is 23.8 Å². The van der Waals surface area contributed by atoms with Crippen LogP contribution in [0.3, 0.4) is 0 Å². The molecule has 0 amide bonds. The van der Waals surface area contributed by atoms with Crippen molar-refractivity contribution < 1.29 is 4.39 Å². The Bertz CT molecular complexity index is 703. The van der Waals surface area contributed by atoms with Gasteiger partial charge >= 0.3 is 0 Å². The second-order valence-corrected chi connectivity index (χ2v) is 6.59. The average Bonchev–Trinajstić information content (AvgIpc) is 2.75. The van der Waals surface area contributed by atoms with Gasteiger partial charge in [0.2, 0.25) is 0 Å². The van der Waals surface area contributed by atoms with Gasteiger partial charge in [-0.1, -0.05) is 18.0 Å². The molecule has 21 heavy (non-hydrogen) atoms. The molecule has 1 unspecified atom stereocenters. The van der Waals surface area contributed by atoms with E-state index in [-0.39, 0.29) is 11.1 Å². The smallest absolute Gasteiger partial charge is 0.178 e. The summed E-state index contributed by atoms with van der Waals surface area (Å²) in [5.74, 6) is -0.420. The van der Waals surface area contributed by atoms with Crippen LogP contribution in [0.1, 0.15) is 32.2 Å². The van der Waals surface area contributed by atoms with Crippen LogP contribution in [-0.2, 0) is 0 Å². The highest BCUT2D eigenvalue weighted by atomic mass is 35.5. The Morgan fingerprint density at radius 3 is 2.76 bits per heavy atom. The third-order valence-electron chi connectivity index (χ3n) is 4.17. The van der Waals surface area contributed by atoms with Crippen LogP contribution < -0.4 is 0 Å². The van der Waals surface area contributed by atoms with Crippen molar-refractivity contribution in [2.24, 2.45) is 0 Å². The molecule has 1 atom stereocenters. The van der Waals surface area contributed by atoms with Crippen molar-refractivity contribution in [1.29, 1.82) is 0 Å². The Kier molecular flexibility index (Phi) is 4.33. The summed E-state index contributed by atoms with van der Waals surface area (Å²) in [4.78, 5) is 5.55. The summed E-state index contributed by atoms with van der Waals surface area (Å²) >= 11 is 11.3. The molecule has 1 aliphatic rings. The van der Waals surface area contributed by atoms with Gasteiger partial charge in [0.1, 0.15) is 5.82 Å². The maximum absolute atomic E-state index is 13.6. The second-order valence-electron chi connectivity index (χ2n) is 5.79. The van der Waals surface area contributed by atoms with Gasteiger partial charge in [-0.25, -0.2) is 4.39 Å². The van der Waals surface area contributed by atoms with Crippen LogP contribution in [0.5, 0.6) is 0 Å².